The summed E-state index contributed by atoms with van der Waals surface area (Å²) in [5, 5.41) is 0.525. The van der Waals surface area contributed by atoms with Gasteiger partial charge in [0.25, 0.3) is 5.91 Å². The van der Waals surface area contributed by atoms with E-state index in [4.69, 9.17) is 13.9 Å². The molecule has 3 aromatic rings. The number of rotatable bonds is 8. The first-order chi connectivity index (χ1) is 17.5. The molecule has 3 heterocycles. The van der Waals surface area contributed by atoms with E-state index in [9.17, 15) is 9.59 Å². The molecule has 0 radical (unpaired) electrons. The monoisotopic (exact) mass is 491 g/mol. The maximum Gasteiger partial charge on any atom is 0.290 e. The molecule has 0 bridgehead atoms. The van der Waals surface area contributed by atoms with E-state index < -0.39 is 6.04 Å². The fourth-order valence-corrected chi connectivity index (χ4v) is 5.23. The molecule has 1 fully saturated rings. The first-order valence-corrected chi connectivity index (χ1v) is 13.0. The molecule has 2 aliphatic rings. The van der Waals surface area contributed by atoms with Crippen LogP contribution < -0.4 is 15.1 Å². The van der Waals surface area contributed by atoms with Crippen LogP contribution in [-0.4, -0.2) is 56.8 Å². The third-order valence-electron chi connectivity index (χ3n) is 7.38. The minimum atomic E-state index is -0.477. The molecule has 7 heteroatoms. The average molecular weight is 492 g/mol. The van der Waals surface area contributed by atoms with Crippen LogP contribution in [0.2, 0.25) is 0 Å². The number of hydrogen-bond donors (Lipinski definition) is 1. The molecule has 1 amide bonds. The number of carbonyl (C=O) groups excluding carboxylic acids is 1. The van der Waals surface area contributed by atoms with Gasteiger partial charge in [0.1, 0.15) is 24.4 Å². The molecule has 1 atom stereocenters. The minimum absolute atomic E-state index is 0.125. The Kier molecular flexibility index (Phi) is 7.12. The predicted octanol–water partition coefficient (Wildman–Crippen LogP) is 3.05. The van der Waals surface area contributed by atoms with E-state index in [0.717, 1.165) is 68.1 Å². The van der Waals surface area contributed by atoms with Crippen LogP contribution >= 0.6 is 0 Å². The Morgan fingerprint density at radius 2 is 1.78 bits per heavy atom. The number of nitrogens with zero attached hydrogens (tertiary/aromatic N) is 1. The summed E-state index contributed by atoms with van der Waals surface area (Å²) in [7, 11) is 0. The Morgan fingerprint density at radius 3 is 2.50 bits per heavy atom. The first-order valence-electron chi connectivity index (χ1n) is 13.0. The number of benzene rings is 2. The highest BCUT2D eigenvalue weighted by molar-refractivity contribution is 5.99. The second-order valence-electron chi connectivity index (χ2n) is 9.89. The molecular formula is C29H35N2O5+. The highest BCUT2D eigenvalue weighted by Crippen LogP contribution is 2.39. The number of amides is 1. The molecule has 0 unspecified atom stereocenters. The molecule has 1 aromatic heterocycles. The Labute approximate surface area is 211 Å². The molecule has 7 nitrogen and oxygen atoms in total. The summed E-state index contributed by atoms with van der Waals surface area (Å²) in [5.74, 6) is 0.741. The number of quaternary nitrogens is 1. The lowest BCUT2D eigenvalue weighted by atomic mass is 9.97. The summed E-state index contributed by atoms with van der Waals surface area (Å²) in [5.41, 5.74) is 3.73. The molecule has 1 N–H and O–H groups in total. The Hall–Kier alpha value is -3.16. The van der Waals surface area contributed by atoms with Crippen molar-refractivity contribution in [2.24, 2.45) is 0 Å². The van der Waals surface area contributed by atoms with Crippen LogP contribution in [0.15, 0.2) is 45.6 Å². The number of hydrogen-bond acceptors (Lipinski definition) is 5. The van der Waals surface area contributed by atoms with E-state index in [-0.39, 0.29) is 17.1 Å². The van der Waals surface area contributed by atoms with Gasteiger partial charge >= 0.3 is 0 Å². The molecule has 36 heavy (non-hydrogen) atoms. The summed E-state index contributed by atoms with van der Waals surface area (Å²) >= 11 is 0. The topological polar surface area (TPSA) is 73.4 Å². The Morgan fingerprint density at radius 1 is 1.06 bits per heavy atom. The van der Waals surface area contributed by atoms with Crippen molar-refractivity contribution in [3.05, 3.63) is 74.6 Å². The van der Waals surface area contributed by atoms with Crippen LogP contribution in [0.3, 0.4) is 0 Å². The number of carbonyl (C=O) groups is 1. The SMILES string of the molecule is CCCOc1ccc([C@H]2c3c(oc4cc(C)c(C)cc4c3=O)C(=O)N2CCC[NH+]2CCOCC2)cc1. The summed E-state index contributed by atoms with van der Waals surface area (Å²) < 4.78 is 17.4. The zero-order valence-corrected chi connectivity index (χ0v) is 21.4. The molecule has 0 aliphatic carbocycles. The van der Waals surface area contributed by atoms with Gasteiger partial charge in [-0.3, -0.25) is 9.59 Å². The smallest absolute Gasteiger partial charge is 0.290 e. The normalized spacial score (nSPS) is 18.1. The lowest BCUT2D eigenvalue weighted by Crippen LogP contribution is -3.14. The maximum atomic E-state index is 13.8. The van der Waals surface area contributed by atoms with Crippen LogP contribution in [0.4, 0.5) is 0 Å². The van der Waals surface area contributed by atoms with Crippen LogP contribution in [-0.2, 0) is 4.74 Å². The summed E-state index contributed by atoms with van der Waals surface area (Å²) in [6.45, 7) is 11.7. The highest BCUT2D eigenvalue weighted by Gasteiger charge is 2.42. The van der Waals surface area contributed by atoms with Gasteiger partial charge in [-0.15, -0.1) is 0 Å². The van der Waals surface area contributed by atoms with Gasteiger partial charge in [-0.05, 0) is 61.2 Å². The van der Waals surface area contributed by atoms with Crippen molar-refractivity contribution in [3.63, 3.8) is 0 Å². The van der Waals surface area contributed by atoms with Crippen LogP contribution in [0, 0.1) is 13.8 Å². The van der Waals surface area contributed by atoms with E-state index in [1.165, 1.54) is 4.90 Å². The molecule has 5 rings (SSSR count). The zero-order chi connectivity index (χ0) is 25.2. The molecule has 1 saturated heterocycles. The quantitative estimate of drug-likeness (QED) is 0.524. The number of morpholine rings is 1. The fraction of sp³-hybridized carbons (Fsp3) is 0.448. The molecule has 190 valence electrons. The van der Waals surface area contributed by atoms with Gasteiger partial charge in [0.15, 0.2) is 5.43 Å². The second kappa shape index (κ2) is 10.4. The number of fused-ring (bicyclic) bond motifs is 2. The molecule has 0 spiro atoms. The van der Waals surface area contributed by atoms with E-state index >= 15 is 0 Å². The van der Waals surface area contributed by atoms with Crippen molar-refractivity contribution in [1.82, 2.24) is 4.90 Å². The first kappa shape index (κ1) is 24.5. The van der Waals surface area contributed by atoms with Crippen molar-refractivity contribution in [2.75, 3.05) is 46.0 Å². The van der Waals surface area contributed by atoms with Gasteiger partial charge in [0, 0.05) is 13.0 Å². The zero-order valence-electron chi connectivity index (χ0n) is 21.4. The Bertz CT molecular complexity index is 1310. The lowest BCUT2D eigenvalue weighted by Gasteiger charge is -2.27. The second-order valence-corrected chi connectivity index (χ2v) is 9.89. The van der Waals surface area contributed by atoms with Crippen molar-refractivity contribution in [3.8, 4) is 5.75 Å². The third kappa shape index (κ3) is 4.65. The molecular weight excluding hydrogens is 456 g/mol. The maximum absolute atomic E-state index is 13.8. The van der Waals surface area contributed by atoms with E-state index in [0.29, 0.717) is 29.7 Å². The van der Waals surface area contributed by atoms with Crippen LogP contribution in [0.25, 0.3) is 11.0 Å². The standard InChI is InChI=1S/C29H34N2O5/c1-4-14-35-22-8-6-21(7-9-22)26-25-27(32)23-17-19(2)20(3)18-24(23)36-28(25)29(33)31(26)11-5-10-30-12-15-34-16-13-30/h6-9,17-18,26H,4-5,10-16H2,1-3H3/p+1/t26-/m0/s1. The largest absolute Gasteiger partial charge is 0.494 e. The van der Waals surface area contributed by atoms with Gasteiger partial charge in [-0.1, -0.05) is 19.1 Å². The molecule has 0 saturated carbocycles. The van der Waals surface area contributed by atoms with E-state index in [1.807, 2.05) is 55.1 Å². The van der Waals surface area contributed by atoms with Crippen LogP contribution in [0.5, 0.6) is 5.75 Å². The van der Waals surface area contributed by atoms with Gasteiger partial charge in [-0.25, -0.2) is 0 Å². The summed E-state index contributed by atoms with van der Waals surface area (Å²) in [6, 6.07) is 11.0. The van der Waals surface area contributed by atoms with Gasteiger partial charge in [0.05, 0.1) is 43.4 Å². The minimum Gasteiger partial charge on any atom is -0.494 e. The van der Waals surface area contributed by atoms with E-state index in [2.05, 4.69) is 6.92 Å². The lowest BCUT2D eigenvalue weighted by molar-refractivity contribution is -0.908. The molecule has 2 aromatic carbocycles. The average Bonchev–Trinajstić information content (AvgIpc) is 3.17. The number of aryl methyl sites for hydroxylation is 2. The molecule has 2 aliphatic heterocycles. The predicted molar refractivity (Wildman–Crippen MR) is 138 cm³/mol. The third-order valence-corrected chi connectivity index (χ3v) is 7.38. The van der Waals surface area contributed by atoms with Gasteiger partial charge in [-0.2, -0.15) is 0 Å². The number of ether oxygens (including phenoxy) is 2. The fourth-order valence-electron chi connectivity index (χ4n) is 5.23. The number of nitrogens with one attached hydrogen (secondary N) is 1. The van der Waals surface area contributed by atoms with Crippen molar-refractivity contribution < 1.29 is 23.6 Å². The van der Waals surface area contributed by atoms with Gasteiger partial charge < -0.3 is 23.7 Å². The Balaban J connectivity index is 1.52. The van der Waals surface area contributed by atoms with Crippen molar-refractivity contribution in [1.29, 1.82) is 0 Å². The van der Waals surface area contributed by atoms with Gasteiger partial charge in [0.2, 0.25) is 5.76 Å². The van der Waals surface area contributed by atoms with E-state index in [1.54, 1.807) is 0 Å². The highest BCUT2D eigenvalue weighted by atomic mass is 16.5. The van der Waals surface area contributed by atoms with Crippen molar-refractivity contribution >= 4 is 16.9 Å². The van der Waals surface area contributed by atoms with Crippen molar-refractivity contribution in [2.45, 2.75) is 39.7 Å². The summed E-state index contributed by atoms with van der Waals surface area (Å²) in [4.78, 5) is 30.8. The van der Waals surface area contributed by atoms with Crippen LogP contribution in [0.1, 0.15) is 58.6 Å². The summed E-state index contributed by atoms with van der Waals surface area (Å²) in [6.07, 6.45) is 1.77.